The molecule has 0 fully saturated rings. The van der Waals surface area contributed by atoms with Crippen LogP contribution in [0.2, 0.25) is 0 Å². The molecule has 4 nitrogen and oxygen atoms in total. The van der Waals surface area contributed by atoms with Gasteiger partial charge >= 0.3 is 0 Å². The zero-order valence-corrected chi connectivity index (χ0v) is 13.5. The summed E-state index contributed by atoms with van der Waals surface area (Å²) in [5.41, 5.74) is 0.807. The summed E-state index contributed by atoms with van der Waals surface area (Å²) < 4.78 is 57.9. The maximum absolute atomic E-state index is 13.3. The molecule has 0 saturated heterocycles. The second-order valence-electron chi connectivity index (χ2n) is 4.57. The molecule has 2 rings (SSSR count). The molecule has 1 aromatic carbocycles. The van der Waals surface area contributed by atoms with Gasteiger partial charge in [0.2, 0.25) is 10.0 Å². The summed E-state index contributed by atoms with van der Waals surface area (Å²) in [6.07, 6.45) is 0. The van der Waals surface area contributed by atoms with Crippen LogP contribution in [0.1, 0.15) is 5.56 Å². The van der Waals surface area contributed by atoms with Gasteiger partial charge in [0.15, 0.2) is 0 Å². The molecule has 8 heteroatoms. The van der Waals surface area contributed by atoms with Crippen molar-refractivity contribution in [2.45, 2.75) is 11.4 Å². The van der Waals surface area contributed by atoms with Gasteiger partial charge in [0, 0.05) is 26.3 Å². The third-order valence-electron chi connectivity index (χ3n) is 2.96. The summed E-state index contributed by atoms with van der Waals surface area (Å²) in [5.74, 6) is -1.86. The molecule has 1 heterocycles. The minimum absolute atomic E-state index is 0.0901. The Morgan fingerprint density at radius 2 is 1.91 bits per heavy atom. The molecule has 120 valence electrons. The molecule has 0 amide bonds. The molecule has 22 heavy (non-hydrogen) atoms. The molecule has 0 aliphatic rings. The number of halogens is 2. The minimum atomic E-state index is -4.02. The van der Waals surface area contributed by atoms with Gasteiger partial charge in [-0.2, -0.15) is 15.6 Å². The lowest BCUT2D eigenvalue weighted by Crippen LogP contribution is -2.33. The van der Waals surface area contributed by atoms with Crippen LogP contribution in [0.4, 0.5) is 8.78 Å². The summed E-state index contributed by atoms with van der Waals surface area (Å²) in [4.78, 5) is -0.406. The van der Waals surface area contributed by atoms with Gasteiger partial charge in [0.25, 0.3) is 0 Å². The van der Waals surface area contributed by atoms with Crippen molar-refractivity contribution >= 4 is 21.4 Å². The largest absolute Gasteiger partial charge is 0.383 e. The molecule has 0 atom stereocenters. The molecule has 0 bridgehead atoms. The highest BCUT2D eigenvalue weighted by molar-refractivity contribution is 7.89. The molecule has 0 unspecified atom stereocenters. The number of thiophene rings is 1. The Balaban J connectivity index is 2.34. The van der Waals surface area contributed by atoms with E-state index in [-0.39, 0.29) is 19.7 Å². The Morgan fingerprint density at radius 3 is 2.45 bits per heavy atom. The first-order valence-electron chi connectivity index (χ1n) is 6.40. The van der Waals surface area contributed by atoms with Crippen LogP contribution in [0, 0.1) is 11.6 Å². The van der Waals surface area contributed by atoms with Crippen molar-refractivity contribution in [2.24, 2.45) is 0 Å². The van der Waals surface area contributed by atoms with E-state index < -0.39 is 26.6 Å². The van der Waals surface area contributed by atoms with Gasteiger partial charge in [-0.1, -0.05) is 0 Å². The second kappa shape index (κ2) is 7.28. The third kappa shape index (κ3) is 4.10. The minimum Gasteiger partial charge on any atom is -0.383 e. The van der Waals surface area contributed by atoms with E-state index in [1.807, 2.05) is 10.8 Å². The Labute approximate surface area is 132 Å². The lowest BCUT2D eigenvalue weighted by Gasteiger charge is -2.21. The molecular weight excluding hydrogens is 332 g/mol. The van der Waals surface area contributed by atoms with Crippen molar-refractivity contribution in [1.82, 2.24) is 4.31 Å². The van der Waals surface area contributed by atoms with E-state index in [1.54, 1.807) is 6.07 Å². The molecule has 2 aromatic rings. The quantitative estimate of drug-likeness (QED) is 0.774. The van der Waals surface area contributed by atoms with Crippen LogP contribution in [0.5, 0.6) is 0 Å². The summed E-state index contributed by atoms with van der Waals surface area (Å²) in [5, 5.41) is 3.65. The fourth-order valence-corrected chi connectivity index (χ4v) is 4.01. The average molecular weight is 347 g/mol. The van der Waals surface area contributed by atoms with Crippen molar-refractivity contribution in [1.29, 1.82) is 0 Å². The van der Waals surface area contributed by atoms with Gasteiger partial charge in [-0.25, -0.2) is 17.2 Å². The number of methoxy groups -OCH3 is 1. The zero-order chi connectivity index (χ0) is 16.2. The number of benzene rings is 1. The predicted molar refractivity (Wildman–Crippen MR) is 80.1 cm³/mol. The van der Waals surface area contributed by atoms with Crippen molar-refractivity contribution in [3.63, 3.8) is 0 Å². The molecule has 0 aliphatic heterocycles. The molecule has 1 aromatic heterocycles. The van der Waals surface area contributed by atoms with E-state index in [2.05, 4.69) is 0 Å². The van der Waals surface area contributed by atoms with Crippen LogP contribution >= 0.6 is 11.3 Å². The average Bonchev–Trinajstić information content (AvgIpc) is 2.95. The van der Waals surface area contributed by atoms with Gasteiger partial charge < -0.3 is 4.74 Å². The number of sulfonamides is 1. The molecule has 0 radical (unpaired) electrons. The summed E-state index contributed by atoms with van der Waals surface area (Å²) >= 11 is 1.44. The van der Waals surface area contributed by atoms with E-state index in [0.717, 1.165) is 22.0 Å². The number of hydrogen-bond donors (Lipinski definition) is 0. The highest BCUT2D eigenvalue weighted by Gasteiger charge is 2.25. The van der Waals surface area contributed by atoms with E-state index in [1.165, 1.54) is 18.4 Å². The maximum atomic E-state index is 13.3. The first-order valence-corrected chi connectivity index (χ1v) is 8.78. The smallest absolute Gasteiger partial charge is 0.243 e. The van der Waals surface area contributed by atoms with Gasteiger partial charge in [-0.3, -0.25) is 0 Å². The van der Waals surface area contributed by atoms with E-state index in [4.69, 9.17) is 4.74 Å². The Bertz CT molecular complexity index is 697. The third-order valence-corrected chi connectivity index (χ3v) is 5.51. The maximum Gasteiger partial charge on any atom is 0.243 e. The van der Waals surface area contributed by atoms with Gasteiger partial charge in [-0.05, 0) is 34.5 Å². The van der Waals surface area contributed by atoms with Crippen molar-refractivity contribution in [3.8, 4) is 0 Å². The lowest BCUT2D eigenvalue weighted by atomic mass is 10.3. The van der Waals surface area contributed by atoms with Crippen molar-refractivity contribution in [3.05, 3.63) is 52.2 Å². The number of hydrogen-bond acceptors (Lipinski definition) is 4. The van der Waals surface area contributed by atoms with Crippen molar-refractivity contribution in [2.75, 3.05) is 20.3 Å². The van der Waals surface area contributed by atoms with E-state index >= 15 is 0 Å². The van der Waals surface area contributed by atoms with Crippen LogP contribution in [0.15, 0.2) is 39.9 Å². The highest BCUT2D eigenvalue weighted by Crippen LogP contribution is 2.21. The van der Waals surface area contributed by atoms with Crippen LogP contribution in [0.3, 0.4) is 0 Å². The SMILES string of the molecule is COCCN(Cc1ccsc1)S(=O)(=O)c1cc(F)cc(F)c1. The second-order valence-corrected chi connectivity index (χ2v) is 7.29. The number of nitrogens with zero attached hydrogens (tertiary/aromatic N) is 1. The molecule has 0 spiro atoms. The highest BCUT2D eigenvalue weighted by atomic mass is 32.2. The summed E-state index contributed by atoms with van der Waals surface area (Å²) in [7, 11) is -2.56. The van der Waals surface area contributed by atoms with Crippen molar-refractivity contribution < 1.29 is 21.9 Å². The van der Waals surface area contributed by atoms with Gasteiger partial charge in [0.05, 0.1) is 11.5 Å². The number of rotatable bonds is 7. The van der Waals surface area contributed by atoms with Gasteiger partial charge in [0.1, 0.15) is 11.6 Å². The first-order chi connectivity index (χ1) is 10.4. The standard InChI is InChI=1S/C14H15F2NO3S2/c1-20-4-3-17(9-11-2-5-21-10-11)22(18,19)14-7-12(15)6-13(16)8-14/h2,5-8,10H,3-4,9H2,1H3. The Morgan fingerprint density at radius 1 is 1.23 bits per heavy atom. The lowest BCUT2D eigenvalue weighted by molar-refractivity contribution is 0.177. The van der Waals surface area contributed by atoms with Crippen LogP contribution in [-0.4, -0.2) is 33.0 Å². The van der Waals surface area contributed by atoms with Gasteiger partial charge in [-0.15, -0.1) is 0 Å². The molecule has 0 N–H and O–H groups in total. The zero-order valence-electron chi connectivity index (χ0n) is 11.8. The normalized spacial score (nSPS) is 12.0. The topological polar surface area (TPSA) is 46.6 Å². The predicted octanol–water partition coefficient (Wildman–Crippen LogP) is 2.86. The Hall–Kier alpha value is -1.35. The molecular formula is C14H15F2NO3S2. The molecule has 0 aliphatic carbocycles. The summed E-state index contributed by atoms with van der Waals surface area (Å²) in [6, 6.07) is 4.06. The monoisotopic (exact) mass is 347 g/mol. The fraction of sp³-hybridized carbons (Fsp3) is 0.286. The fourth-order valence-electron chi connectivity index (χ4n) is 1.89. The Kier molecular flexibility index (Phi) is 5.63. The van der Waals surface area contributed by atoms with Crippen LogP contribution in [-0.2, 0) is 21.3 Å². The van der Waals surface area contributed by atoms with Crippen LogP contribution in [0.25, 0.3) is 0 Å². The van der Waals surface area contributed by atoms with E-state index in [9.17, 15) is 17.2 Å². The van der Waals surface area contributed by atoms with E-state index in [0.29, 0.717) is 6.07 Å². The summed E-state index contributed by atoms with van der Waals surface area (Å²) in [6.45, 7) is 0.390. The first kappa shape index (κ1) is 17.0. The van der Waals surface area contributed by atoms with Crippen LogP contribution < -0.4 is 0 Å². The molecule has 0 saturated carbocycles. The number of ether oxygens (including phenoxy) is 1.